The second kappa shape index (κ2) is 7.96. The minimum Gasteiger partial charge on any atom is -0.491 e. The highest BCUT2D eigenvalue weighted by Crippen LogP contribution is 2.20. The molecule has 1 aliphatic rings. The third kappa shape index (κ3) is 4.47. The molecule has 0 amide bonds. The van der Waals surface area contributed by atoms with Crippen molar-refractivity contribution in [2.45, 2.75) is 20.0 Å². The summed E-state index contributed by atoms with van der Waals surface area (Å²) in [5, 5.41) is 13.4. The number of rotatable bonds is 6. The summed E-state index contributed by atoms with van der Waals surface area (Å²) in [5.41, 5.74) is 2.27. The molecule has 2 aromatic rings. The van der Waals surface area contributed by atoms with Crippen LogP contribution in [0, 0.1) is 13.8 Å². The van der Waals surface area contributed by atoms with Crippen molar-refractivity contribution in [3.8, 4) is 5.75 Å². The van der Waals surface area contributed by atoms with E-state index in [0.717, 1.165) is 42.6 Å². The first kappa shape index (κ1) is 17.2. The Bertz CT molecular complexity index is 640. The van der Waals surface area contributed by atoms with E-state index in [1.165, 1.54) is 5.56 Å². The van der Waals surface area contributed by atoms with Crippen LogP contribution in [-0.4, -0.2) is 60.4 Å². The normalized spacial score (nSPS) is 17.0. The molecule has 2 heterocycles. The third-order valence-electron chi connectivity index (χ3n) is 4.31. The summed E-state index contributed by atoms with van der Waals surface area (Å²) in [6.07, 6.45) is 1.37. The summed E-state index contributed by atoms with van der Waals surface area (Å²) in [6, 6.07) is 6.14. The number of β-amino-alcohol motifs (C(OH)–C–C–N with tert-alkyl or cyclic N) is 1. The van der Waals surface area contributed by atoms with Crippen LogP contribution in [0.1, 0.15) is 11.1 Å². The average molecular weight is 347 g/mol. The molecule has 5 nitrogen and oxygen atoms in total. The number of aromatic nitrogens is 1. The number of nitrogens with zero attached hydrogens (tertiary/aromatic N) is 3. The standard InChI is InChI=1S/C18H25N3O2S/c1-14-3-4-15(2)17(11-14)23-13-16(22)12-20-6-8-21(9-7-20)18-19-5-10-24-18/h3-5,10-11,16,22H,6-9,12-13H2,1-2H3. The Labute approximate surface area is 147 Å². The predicted molar refractivity (Wildman–Crippen MR) is 98.2 cm³/mol. The fraction of sp³-hybridized carbons (Fsp3) is 0.500. The van der Waals surface area contributed by atoms with Crippen molar-refractivity contribution in [3.05, 3.63) is 40.9 Å². The molecule has 1 N–H and O–H groups in total. The van der Waals surface area contributed by atoms with Gasteiger partial charge in [0.1, 0.15) is 18.5 Å². The topological polar surface area (TPSA) is 48.8 Å². The maximum Gasteiger partial charge on any atom is 0.185 e. The molecular weight excluding hydrogens is 322 g/mol. The molecule has 1 fully saturated rings. The van der Waals surface area contributed by atoms with Crippen molar-refractivity contribution in [1.29, 1.82) is 0 Å². The van der Waals surface area contributed by atoms with Crippen LogP contribution in [0.5, 0.6) is 5.75 Å². The molecule has 0 radical (unpaired) electrons. The fourth-order valence-electron chi connectivity index (χ4n) is 2.89. The number of benzene rings is 1. The second-order valence-corrected chi connectivity index (χ2v) is 7.21. The monoisotopic (exact) mass is 347 g/mol. The van der Waals surface area contributed by atoms with Crippen LogP contribution in [0.3, 0.4) is 0 Å². The van der Waals surface area contributed by atoms with Crippen LogP contribution < -0.4 is 9.64 Å². The van der Waals surface area contributed by atoms with Gasteiger partial charge in [-0.25, -0.2) is 4.98 Å². The van der Waals surface area contributed by atoms with E-state index >= 15 is 0 Å². The molecule has 0 bridgehead atoms. The third-order valence-corrected chi connectivity index (χ3v) is 5.14. The number of ether oxygens (including phenoxy) is 1. The number of anilines is 1. The Kier molecular flexibility index (Phi) is 5.71. The zero-order valence-electron chi connectivity index (χ0n) is 14.3. The smallest absolute Gasteiger partial charge is 0.185 e. The molecule has 6 heteroatoms. The van der Waals surface area contributed by atoms with Gasteiger partial charge in [0.25, 0.3) is 0 Å². The molecule has 1 aromatic carbocycles. The summed E-state index contributed by atoms with van der Waals surface area (Å²) in [7, 11) is 0. The van der Waals surface area contributed by atoms with Crippen molar-refractivity contribution < 1.29 is 9.84 Å². The van der Waals surface area contributed by atoms with Gasteiger partial charge in [-0.3, -0.25) is 4.90 Å². The van der Waals surface area contributed by atoms with Gasteiger partial charge in [0, 0.05) is 44.3 Å². The Morgan fingerprint density at radius 2 is 2.04 bits per heavy atom. The molecule has 0 spiro atoms. The Morgan fingerprint density at radius 3 is 2.75 bits per heavy atom. The van der Waals surface area contributed by atoms with Crippen LogP contribution in [0.2, 0.25) is 0 Å². The minimum atomic E-state index is -0.476. The molecule has 1 aliphatic heterocycles. The maximum atomic E-state index is 10.3. The number of aliphatic hydroxyl groups is 1. The number of hydrogen-bond donors (Lipinski definition) is 1. The first-order valence-corrected chi connectivity index (χ1v) is 9.24. The number of aryl methyl sites for hydroxylation is 2. The molecule has 24 heavy (non-hydrogen) atoms. The Morgan fingerprint density at radius 1 is 1.25 bits per heavy atom. The highest BCUT2D eigenvalue weighted by molar-refractivity contribution is 7.13. The van der Waals surface area contributed by atoms with E-state index in [-0.39, 0.29) is 0 Å². The second-order valence-electron chi connectivity index (χ2n) is 6.34. The summed E-state index contributed by atoms with van der Waals surface area (Å²) in [5.74, 6) is 0.864. The maximum absolute atomic E-state index is 10.3. The van der Waals surface area contributed by atoms with E-state index in [2.05, 4.69) is 26.9 Å². The van der Waals surface area contributed by atoms with Gasteiger partial charge >= 0.3 is 0 Å². The molecule has 1 atom stereocenters. The minimum absolute atomic E-state index is 0.330. The Balaban J connectivity index is 1.43. The zero-order valence-corrected chi connectivity index (χ0v) is 15.1. The highest BCUT2D eigenvalue weighted by atomic mass is 32.1. The van der Waals surface area contributed by atoms with E-state index in [1.54, 1.807) is 11.3 Å². The van der Waals surface area contributed by atoms with Crippen molar-refractivity contribution in [1.82, 2.24) is 9.88 Å². The SMILES string of the molecule is Cc1ccc(C)c(OCC(O)CN2CCN(c3nccs3)CC2)c1. The molecule has 130 valence electrons. The van der Waals surface area contributed by atoms with Crippen molar-refractivity contribution in [2.24, 2.45) is 0 Å². The van der Waals surface area contributed by atoms with Gasteiger partial charge in [0.05, 0.1) is 0 Å². The first-order chi connectivity index (χ1) is 11.6. The van der Waals surface area contributed by atoms with Gasteiger partial charge in [-0.2, -0.15) is 0 Å². The van der Waals surface area contributed by atoms with E-state index in [4.69, 9.17) is 4.74 Å². The largest absolute Gasteiger partial charge is 0.491 e. The van der Waals surface area contributed by atoms with Crippen LogP contribution in [0.15, 0.2) is 29.8 Å². The quantitative estimate of drug-likeness (QED) is 0.869. The lowest BCUT2D eigenvalue weighted by atomic mass is 10.1. The van der Waals surface area contributed by atoms with Crippen LogP contribution in [0.25, 0.3) is 0 Å². The fourth-order valence-corrected chi connectivity index (χ4v) is 3.59. The first-order valence-electron chi connectivity index (χ1n) is 8.37. The molecule has 1 aromatic heterocycles. The van der Waals surface area contributed by atoms with Gasteiger partial charge in [-0.15, -0.1) is 11.3 Å². The molecule has 0 aliphatic carbocycles. The van der Waals surface area contributed by atoms with Gasteiger partial charge < -0.3 is 14.7 Å². The van der Waals surface area contributed by atoms with Gasteiger partial charge in [0.15, 0.2) is 5.13 Å². The number of piperazine rings is 1. The van der Waals surface area contributed by atoms with E-state index in [0.29, 0.717) is 13.2 Å². The molecular formula is C18H25N3O2S. The summed E-state index contributed by atoms with van der Waals surface area (Å²) >= 11 is 1.68. The van der Waals surface area contributed by atoms with Crippen molar-refractivity contribution in [2.75, 3.05) is 44.2 Å². The van der Waals surface area contributed by atoms with Crippen LogP contribution >= 0.6 is 11.3 Å². The lowest BCUT2D eigenvalue weighted by molar-refractivity contribution is 0.0660. The molecule has 3 rings (SSSR count). The summed E-state index contributed by atoms with van der Waals surface area (Å²) < 4.78 is 5.81. The van der Waals surface area contributed by atoms with Crippen molar-refractivity contribution >= 4 is 16.5 Å². The van der Waals surface area contributed by atoms with E-state index in [9.17, 15) is 5.11 Å². The van der Waals surface area contributed by atoms with Crippen LogP contribution in [-0.2, 0) is 0 Å². The Hall–Kier alpha value is -1.63. The lowest BCUT2D eigenvalue weighted by Gasteiger charge is -2.35. The van der Waals surface area contributed by atoms with Crippen LogP contribution in [0.4, 0.5) is 5.13 Å². The molecule has 1 saturated heterocycles. The van der Waals surface area contributed by atoms with E-state index < -0.39 is 6.10 Å². The lowest BCUT2D eigenvalue weighted by Crippen LogP contribution is -2.49. The van der Waals surface area contributed by atoms with Gasteiger partial charge in [-0.1, -0.05) is 12.1 Å². The number of thiazole rings is 1. The number of aliphatic hydroxyl groups excluding tert-OH is 1. The highest BCUT2D eigenvalue weighted by Gasteiger charge is 2.20. The zero-order chi connectivity index (χ0) is 16.9. The summed E-state index contributed by atoms with van der Waals surface area (Å²) in [6.45, 7) is 8.85. The summed E-state index contributed by atoms with van der Waals surface area (Å²) in [4.78, 5) is 8.96. The van der Waals surface area contributed by atoms with E-state index in [1.807, 2.05) is 31.5 Å². The molecule has 0 saturated carbocycles. The average Bonchev–Trinajstić information content (AvgIpc) is 3.11. The number of hydrogen-bond acceptors (Lipinski definition) is 6. The van der Waals surface area contributed by atoms with Gasteiger partial charge in [0.2, 0.25) is 0 Å². The van der Waals surface area contributed by atoms with Crippen molar-refractivity contribution in [3.63, 3.8) is 0 Å². The molecule has 1 unspecified atom stereocenters. The predicted octanol–water partition coefficient (Wildman–Crippen LogP) is 2.32. The van der Waals surface area contributed by atoms with Gasteiger partial charge in [-0.05, 0) is 31.0 Å².